The summed E-state index contributed by atoms with van der Waals surface area (Å²) in [6.07, 6.45) is -0.0165. The van der Waals surface area contributed by atoms with Crippen LogP contribution in [-0.4, -0.2) is 12.0 Å². The van der Waals surface area contributed by atoms with Crippen molar-refractivity contribution in [2.24, 2.45) is 0 Å². The van der Waals surface area contributed by atoms with Crippen molar-refractivity contribution in [1.29, 1.82) is 0 Å². The number of anilines is 1. The second kappa shape index (κ2) is 7.52. The fourth-order valence-corrected chi connectivity index (χ4v) is 2.26. The lowest BCUT2D eigenvalue weighted by Gasteiger charge is -2.18. The third-order valence-electron chi connectivity index (χ3n) is 3.21. The average Bonchev–Trinajstić information content (AvgIpc) is 2.50. The number of hydrogen-bond acceptors (Lipinski definition) is 2. The van der Waals surface area contributed by atoms with Crippen LogP contribution in [0.5, 0.6) is 5.75 Å². The van der Waals surface area contributed by atoms with Crippen LogP contribution in [0.2, 0.25) is 10.0 Å². The quantitative estimate of drug-likeness (QED) is 0.824. The highest BCUT2D eigenvalue weighted by Gasteiger charge is 2.19. The van der Waals surface area contributed by atoms with Crippen LogP contribution in [0.15, 0.2) is 42.5 Å². The molecule has 0 radical (unpaired) electrons. The Kier molecular flexibility index (Phi) is 5.69. The first-order chi connectivity index (χ1) is 10.5. The van der Waals surface area contributed by atoms with Crippen molar-refractivity contribution in [2.45, 2.75) is 26.4 Å². The number of aryl methyl sites for hydroxylation is 1. The first-order valence-electron chi connectivity index (χ1n) is 6.99. The monoisotopic (exact) mass is 337 g/mol. The normalized spacial score (nSPS) is 11.8. The third kappa shape index (κ3) is 4.15. The molecule has 116 valence electrons. The van der Waals surface area contributed by atoms with E-state index in [-0.39, 0.29) is 5.91 Å². The summed E-state index contributed by atoms with van der Waals surface area (Å²) in [5.41, 5.74) is 1.58. The Balaban J connectivity index is 2.08. The summed E-state index contributed by atoms with van der Waals surface area (Å²) in [4.78, 5) is 12.3. The van der Waals surface area contributed by atoms with Gasteiger partial charge in [-0.05, 0) is 43.2 Å². The molecular weight excluding hydrogens is 321 g/mol. The first-order valence-corrected chi connectivity index (χ1v) is 7.75. The summed E-state index contributed by atoms with van der Waals surface area (Å²) >= 11 is 11.8. The molecule has 0 saturated heterocycles. The van der Waals surface area contributed by atoms with E-state index in [0.717, 1.165) is 5.56 Å². The number of halogens is 2. The van der Waals surface area contributed by atoms with Gasteiger partial charge in [-0.25, -0.2) is 0 Å². The minimum Gasteiger partial charge on any atom is -0.480 e. The van der Waals surface area contributed by atoms with Crippen LogP contribution in [0, 0.1) is 6.92 Å². The molecule has 0 aliphatic heterocycles. The van der Waals surface area contributed by atoms with Crippen LogP contribution in [0.25, 0.3) is 0 Å². The lowest BCUT2D eigenvalue weighted by Crippen LogP contribution is -2.32. The second-order valence-electron chi connectivity index (χ2n) is 4.90. The molecule has 0 aliphatic rings. The molecule has 5 heteroatoms. The van der Waals surface area contributed by atoms with E-state index in [1.54, 1.807) is 18.2 Å². The van der Waals surface area contributed by atoms with Gasteiger partial charge in [0.05, 0.1) is 10.0 Å². The molecule has 2 aromatic carbocycles. The Morgan fingerprint density at radius 1 is 1.18 bits per heavy atom. The van der Waals surface area contributed by atoms with Crippen molar-refractivity contribution in [1.82, 2.24) is 0 Å². The van der Waals surface area contributed by atoms with Gasteiger partial charge in [0.1, 0.15) is 5.75 Å². The van der Waals surface area contributed by atoms with Crippen molar-refractivity contribution in [3.8, 4) is 5.75 Å². The number of carbonyl (C=O) groups excluding carboxylic acids is 1. The molecule has 3 nitrogen and oxygen atoms in total. The number of nitrogens with one attached hydrogen (secondary N) is 1. The molecule has 2 aromatic rings. The molecule has 0 aliphatic carbocycles. The summed E-state index contributed by atoms with van der Waals surface area (Å²) in [6, 6.07) is 12.6. The van der Waals surface area contributed by atoms with Crippen LogP contribution in [0.1, 0.15) is 18.9 Å². The zero-order valence-corrected chi connectivity index (χ0v) is 13.9. The summed E-state index contributed by atoms with van der Waals surface area (Å²) in [6.45, 7) is 3.84. The summed E-state index contributed by atoms with van der Waals surface area (Å²) < 4.78 is 5.81. The third-order valence-corrected chi connectivity index (χ3v) is 3.95. The predicted molar refractivity (Wildman–Crippen MR) is 91.0 cm³/mol. The van der Waals surface area contributed by atoms with Gasteiger partial charge in [-0.1, -0.05) is 48.3 Å². The van der Waals surface area contributed by atoms with Crippen molar-refractivity contribution in [2.75, 3.05) is 5.32 Å². The minimum atomic E-state index is -0.574. The zero-order valence-electron chi connectivity index (χ0n) is 12.4. The van der Waals surface area contributed by atoms with Gasteiger partial charge in [-0.3, -0.25) is 4.79 Å². The first kappa shape index (κ1) is 16.7. The van der Waals surface area contributed by atoms with E-state index in [9.17, 15) is 4.79 Å². The Morgan fingerprint density at radius 2 is 1.91 bits per heavy atom. The van der Waals surface area contributed by atoms with Crippen LogP contribution in [0.4, 0.5) is 5.69 Å². The maximum absolute atomic E-state index is 12.3. The highest BCUT2D eigenvalue weighted by atomic mass is 35.5. The molecule has 2 rings (SSSR count). The van der Waals surface area contributed by atoms with Gasteiger partial charge >= 0.3 is 0 Å². The second-order valence-corrected chi connectivity index (χ2v) is 5.71. The van der Waals surface area contributed by atoms with E-state index in [4.69, 9.17) is 27.9 Å². The van der Waals surface area contributed by atoms with Crippen molar-refractivity contribution < 1.29 is 9.53 Å². The van der Waals surface area contributed by atoms with Gasteiger partial charge in [0.2, 0.25) is 0 Å². The number of para-hydroxylation sites is 1. The molecule has 0 saturated carbocycles. The lowest BCUT2D eigenvalue weighted by molar-refractivity contribution is -0.122. The van der Waals surface area contributed by atoms with E-state index >= 15 is 0 Å². The lowest BCUT2D eigenvalue weighted by atomic mass is 10.2. The molecule has 1 N–H and O–H groups in total. The summed E-state index contributed by atoms with van der Waals surface area (Å²) in [5.74, 6) is 0.489. The van der Waals surface area contributed by atoms with E-state index in [1.807, 2.05) is 38.1 Å². The van der Waals surface area contributed by atoms with Crippen LogP contribution < -0.4 is 10.1 Å². The van der Waals surface area contributed by atoms with Crippen molar-refractivity contribution in [3.05, 3.63) is 58.1 Å². The average molecular weight is 338 g/mol. The summed E-state index contributed by atoms with van der Waals surface area (Å²) in [5, 5.41) is 3.64. The van der Waals surface area contributed by atoms with Crippen LogP contribution in [0.3, 0.4) is 0 Å². The number of benzene rings is 2. The van der Waals surface area contributed by atoms with Gasteiger partial charge in [0.25, 0.3) is 5.91 Å². The Morgan fingerprint density at radius 3 is 2.55 bits per heavy atom. The molecule has 0 bridgehead atoms. The number of amides is 1. The molecule has 1 amide bonds. The molecule has 0 aromatic heterocycles. The topological polar surface area (TPSA) is 38.3 Å². The fourth-order valence-electron chi connectivity index (χ4n) is 1.96. The SMILES string of the molecule is CC[C@H](Oc1ccccc1C)C(=O)Nc1ccc(Cl)c(Cl)c1. The number of rotatable bonds is 5. The van der Waals surface area contributed by atoms with Crippen LogP contribution in [-0.2, 0) is 4.79 Å². The maximum Gasteiger partial charge on any atom is 0.265 e. The van der Waals surface area contributed by atoms with E-state index in [0.29, 0.717) is 27.9 Å². The van der Waals surface area contributed by atoms with E-state index in [2.05, 4.69) is 5.32 Å². The number of hydrogen-bond donors (Lipinski definition) is 1. The van der Waals surface area contributed by atoms with E-state index in [1.165, 1.54) is 0 Å². The molecule has 22 heavy (non-hydrogen) atoms. The highest BCUT2D eigenvalue weighted by molar-refractivity contribution is 6.42. The van der Waals surface area contributed by atoms with Gasteiger partial charge in [0.15, 0.2) is 6.10 Å². The summed E-state index contributed by atoms with van der Waals surface area (Å²) in [7, 11) is 0. The van der Waals surface area contributed by atoms with Gasteiger partial charge < -0.3 is 10.1 Å². The Bertz CT molecular complexity index is 673. The highest BCUT2D eigenvalue weighted by Crippen LogP contribution is 2.25. The molecule has 0 heterocycles. The molecule has 0 spiro atoms. The molecule has 0 fully saturated rings. The van der Waals surface area contributed by atoms with Gasteiger partial charge in [-0.2, -0.15) is 0 Å². The number of carbonyl (C=O) groups is 1. The van der Waals surface area contributed by atoms with Crippen LogP contribution >= 0.6 is 23.2 Å². The Hall–Kier alpha value is -1.71. The predicted octanol–water partition coefficient (Wildman–Crippen LogP) is 5.10. The fraction of sp³-hybridized carbons (Fsp3) is 0.235. The van der Waals surface area contributed by atoms with E-state index < -0.39 is 6.10 Å². The molecular formula is C17H17Cl2NO2. The van der Waals surface area contributed by atoms with Gasteiger partial charge in [-0.15, -0.1) is 0 Å². The smallest absolute Gasteiger partial charge is 0.265 e. The zero-order chi connectivity index (χ0) is 16.1. The maximum atomic E-state index is 12.3. The molecule has 0 unspecified atom stereocenters. The molecule has 1 atom stereocenters. The Labute approximate surface area is 140 Å². The number of ether oxygens (including phenoxy) is 1. The van der Waals surface area contributed by atoms with Crippen molar-refractivity contribution in [3.63, 3.8) is 0 Å². The minimum absolute atomic E-state index is 0.218. The van der Waals surface area contributed by atoms with Gasteiger partial charge in [0, 0.05) is 5.69 Å². The largest absolute Gasteiger partial charge is 0.480 e. The van der Waals surface area contributed by atoms with Crippen molar-refractivity contribution >= 4 is 34.8 Å². The standard InChI is InChI=1S/C17H17Cl2NO2/c1-3-15(22-16-7-5-4-6-11(16)2)17(21)20-12-8-9-13(18)14(19)10-12/h4-10,15H,3H2,1-2H3,(H,20,21)/t15-/m0/s1.